The summed E-state index contributed by atoms with van der Waals surface area (Å²) < 4.78 is 5.76. The molecule has 0 unspecified atom stereocenters. The lowest BCUT2D eigenvalue weighted by molar-refractivity contribution is -0.136. The van der Waals surface area contributed by atoms with Gasteiger partial charge in [-0.25, -0.2) is 4.98 Å². The minimum Gasteiger partial charge on any atom is -0.489 e. The largest absolute Gasteiger partial charge is 0.489 e. The molecule has 0 fully saturated rings. The number of nitrogens with one attached hydrogen (secondary N) is 1. The molecule has 128 valence electrons. The van der Waals surface area contributed by atoms with E-state index in [0.717, 1.165) is 27.6 Å². The highest BCUT2D eigenvalue weighted by Crippen LogP contribution is 2.27. The number of ether oxygens (including phenoxy) is 1. The summed E-state index contributed by atoms with van der Waals surface area (Å²) in [6, 6.07) is 17.6. The third-order valence-corrected chi connectivity index (χ3v) is 4.63. The predicted molar refractivity (Wildman–Crippen MR) is 98.7 cm³/mol. The van der Waals surface area contributed by atoms with E-state index in [0.29, 0.717) is 11.7 Å². The van der Waals surface area contributed by atoms with Gasteiger partial charge >= 0.3 is 5.97 Å². The molecule has 0 aliphatic heterocycles. The van der Waals surface area contributed by atoms with Crippen LogP contribution < -0.4 is 10.1 Å². The quantitative estimate of drug-likeness (QED) is 0.658. The molecule has 0 saturated heterocycles. The first-order chi connectivity index (χ1) is 12.1. The van der Waals surface area contributed by atoms with Crippen molar-refractivity contribution in [2.75, 3.05) is 5.32 Å². The lowest BCUT2D eigenvalue weighted by atomic mass is 10.2. The Kier molecular flexibility index (Phi) is 5.30. The van der Waals surface area contributed by atoms with E-state index >= 15 is 0 Å². The van der Waals surface area contributed by atoms with E-state index in [1.165, 1.54) is 11.3 Å². The molecule has 0 saturated carbocycles. The molecule has 2 N–H and O–H groups in total. The van der Waals surface area contributed by atoms with Gasteiger partial charge in [-0.3, -0.25) is 4.79 Å². The summed E-state index contributed by atoms with van der Waals surface area (Å²) in [6.45, 7) is 2.35. The van der Waals surface area contributed by atoms with E-state index < -0.39 is 5.97 Å². The fourth-order valence-electron chi connectivity index (χ4n) is 2.28. The molecule has 2 aromatic carbocycles. The maximum Gasteiger partial charge on any atom is 0.308 e. The molecule has 3 aromatic rings. The Hall–Kier alpha value is -2.86. The van der Waals surface area contributed by atoms with Gasteiger partial charge < -0.3 is 15.2 Å². The molecule has 1 heterocycles. The minimum absolute atomic E-state index is 0.00254. The van der Waals surface area contributed by atoms with E-state index in [4.69, 9.17) is 9.84 Å². The number of aliphatic carboxylic acids is 1. The van der Waals surface area contributed by atoms with E-state index in [1.807, 2.05) is 61.5 Å². The number of hydrogen-bond donors (Lipinski definition) is 2. The number of aryl methyl sites for hydroxylation is 1. The molecule has 0 bridgehead atoms. The summed E-state index contributed by atoms with van der Waals surface area (Å²) in [7, 11) is 0. The Labute approximate surface area is 149 Å². The lowest BCUT2D eigenvalue weighted by Gasteiger charge is -2.07. The van der Waals surface area contributed by atoms with Crippen molar-refractivity contribution < 1.29 is 14.6 Å². The monoisotopic (exact) mass is 354 g/mol. The molecular weight excluding hydrogens is 336 g/mol. The highest BCUT2D eigenvalue weighted by Gasteiger charge is 2.11. The van der Waals surface area contributed by atoms with Crippen molar-refractivity contribution in [2.45, 2.75) is 20.0 Å². The van der Waals surface area contributed by atoms with Gasteiger partial charge in [-0.15, -0.1) is 11.3 Å². The lowest BCUT2D eigenvalue weighted by Crippen LogP contribution is -1.99. The molecule has 0 spiro atoms. The van der Waals surface area contributed by atoms with Crippen LogP contribution in [0.1, 0.15) is 16.1 Å². The van der Waals surface area contributed by atoms with Crippen molar-refractivity contribution in [2.24, 2.45) is 0 Å². The second-order valence-electron chi connectivity index (χ2n) is 5.52. The summed E-state index contributed by atoms with van der Waals surface area (Å²) in [5.74, 6) is -0.0606. The highest BCUT2D eigenvalue weighted by atomic mass is 32.1. The zero-order chi connectivity index (χ0) is 17.6. The number of carbonyl (C=O) groups is 1. The molecule has 3 rings (SSSR count). The second-order valence-corrected chi connectivity index (χ2v) is 6.61. The van der Waals surface area contributed by atoms with Crippen LogP contribution in [0, 0.1) is 6.92 Å². The number of hydrogen-bond acceptors (Lipinski definition) is 5. The Morgan fingerprint density at radius 2 is 1.88 bits per heavy atom. The first kappa shape index (κ1) is 17.0. The maximum atomic E-state index is 10.8. The standard InChI is InChI=1S/C19H18N2O3S/c1-13-17(11-18(22)23)25-19(20-13)21-15-7-9-16(10-8-15)24-12-14-5-3-2-4-6-14/h2-10H,11-12H2,1H3,(H,20,21)(H,22,23). The van der Waals surface area contributed by atoms with E-state index in [-0.39, 0.29) is 6.42 Å². The molecule has 6 heteroatoms. The summed E-state index contributed by atoms with van der Waals surface area (Å²) in [5, 5.41) is 12.8. The third kappa shape index (κ3) is 4.81. The van der Waals surface area contributed by atoms with Crippen molar-refractivity contribution in [3.05, 3.63) is 70.7 Å². The summed E-state index contributed by atoms with van der Waals surface area (Å²) in [4.78, 5) is 16.0. The van der Waals surface area contributed by atoms with Crippen LogP contribution in [-0.4, -0.2) is 16.1 Å². The number of aromatic nitrogens is 1. The van der Waals surface area contributed by atoms with Gasteiger partial charge in [-0.05, 0) is 36.8 Å². The van der Waals surface area contributed by atoms with Gasteiger partial charge in [0.1, 0.15) is 12.4 Å². The van der Waals surface area contributed by atoms with Gasteiger partial charge in [0.15, 0.2) is 5.13 Å². The van der Waals surface area contributed by atoms with Gasteiger partial charge in [-0.1, -0.05) is 30.3 Å². The zero-order valence-corrected chi connectivity index (χ0v) is 14.5. The van der Waals surface area contributed by atoms with Crippen molar-refractivity contribution >= 4 is 28.1 Å². The van der Waals surface area contributed by atoms with E-state index in [1.54, 1.807) is 0 Å². The Morgan fingerprint density at radius 1 is 1.16 bits per heavy atom. The highest BCUT2D eigenvalue weighted by molar-refractivity contribution is 7.15. The third-order valence-electron chi connectivity index (χ3n) is 3.56. The smallest absolute Gasteiger partial charge is 0.308 e. The van der Waals surface area contributed by atoms with Crippen LogP contribution in [0.2, 0.25) is 0 Å². The number of thiazole rings is 1. The molecular formula is C19H18N2O3S. The molecule has 0 amide bonds. The Bertz CT molecular complexity index is 845. The van der Waals surface area contributed by atoms with Crippen molar-refractivity contribution in [3.63, 3.8) is 0 Å². The number of carboxylic acids is 1. The van der Waals surface area contributed by atoms with E-state index in [2.05, 4.69) is 10.3 Å². The first-order valence-corrected chi connectivity index (χ1v) is 8.64. The van der Waals surface area contributed by atoms with Gasteiger partial charge in [0.25, 0.3) is 0 Å². The molecule has 0 atom stereocenters. The minimum atomic E-state index is -0.849. The fraction of sp³-hybridized carbons (Fsp3) is 0.158. The Morgan fingerprint density at radius 3 is 2.56 bits per heavy atom. The Balaban J connectivity index is 1.60. The molecule has 1 aromatic heterocycles. The SMILES string of the molecule is Cc1nc(Nc2ccc(OCc3ccccc3)cc2)sc1CC(=O)O. The number of rotatable bonds is 7. The van der Waals surface area contributed by atoms with Crippen LogP contribution in [0.25, 0.3) is 0 Å². The van der Waals surface area contributed by atoms with Gasteiger partial charge in [-0.2, -0.15) is 0 Å². The number of nitrogens with zero attached hydrogens (tertiary/aromatic N) is 1. The summed E-state index contributed by atoms with van der Waals surface area (Å²) >= 11 is 1.36. The van der Waals surface area contributed by atoms with Crippen LogP contribution in [0.3, 0.4) is 0 Å². The van der Waals surface area contributed by atoms with Crippen molar-refractivity contribution in [1.29, 1.82) is 0 Å². The van der Waals surface area contributed by atoms with Gasteiger partial charge in [0.05, 0.1) is 12.1 Å². The molecule has 0 aliphatic rings. The van der Waals surface area contributed by atoms with Crippen molar-refractivity contribution in [3.8, 4) is 5.75 Å². The van der Waals surface area contributed by atoms with Crippen LogP contribution in [0.5, 0.6) is 5.75 Å². The second kappa shape index (κ2) is 7.81. The number of benzene rings is 2. The summed E-state index contributed by atoms with van der Waals surface area (Å²) in [5.41, 5.74) is 2.74. The average Bonchev–Trinajstić information content (AvgIpc) is 2.94. The van der Waals surface area contributed by atoms with Crippen LogP contribution in [0.4, 0.5) is 10.8 Å². The van der Waals surface area contributed by atoms with Gasteiger partial charge in [0.2, 0.25) is 0 Å². The topological polar surface area (TPSA) is 71.5 Å². The fourth-order valence-corrected chi connectivity index (χ4v) is 3.26. The number of anilines is 2. The molecule has 0 radical (unpaired) electrons. The predicted octanol–water partition coefficient (Wildman–Crippen LogP) is 4.40. The normalized spacial score (nSPS) is 10.4. The zero-order valence-electron chi connectivity index (χ0n) is 13.7. The molecule has 0 aliphatic carbocycles. The molecule has 25 heavy (non-hydrogen) atoms. The summed E-state index contributed by atoms with van der Waals surface area (Å²) in [6.07, 6.45) is -0.00254. The van der Waals surface area contributed by atoms with Gasteiger partial charge in [0, 0.05) is 10.6 Å². The first-order valence-electron chi connectivity index (χ1n) is 7.82. The molecule has 5 nitrogen and oxygen atoms in total. The average molecular weight is 354 g/mol. The number of carboxylic acid groups (broad SMARTS) is 1. The van der Waals surface area contributed by atoms with Crippen molar-refractivity contribution in [1.82, 2.24) is 4.98 Å². The van der Waals surface area contributed by atoms with E-state index in [9.17, 15) is 4.79 Å². The van der Waals surface area contributed by atoms with Crippen LogP contribution >= 0.6 is 11.3 Å². The maximum absolute atomic E-state index is 10.8. The van der Waals surface area contributed by atoms with Crippen LogP contribution in [0.15, 0.2) is 54.6 Å². The van der Waals surface area contributed by atoms with Crippen LogP contribution in [-0.2, 0) is 17.8 Å².